The van der Waals surface area contributed by atoms with Crippen LogP contribution >= 0.6 is 0 Å². The zero-order valence-electron chi connectivity index (χ0n) is 21.3. The van der Waals surface area contributed by atoms with Crippen molar-refractivity contribution in [2.24, 2.45) is 29.6 Å². The third-order valence-electron chi connectivity index (χ3n) is 8.88. The van der Waals surface area contributed by atoms with Crippen LogP contribution in [0.2, 0.25) is 0 Å². The van der Waals surface area contributed by atoms with Crippen molar-refractivity contribution in [1.82, 2.24) is 0 Å². The van der Waals surface area contributed by atoms with E-state index >= 15 is 0 Å². The lowest BCUT2D eigenvalue weighted by molar-refractivity contribution is 0.152. The molecule has 1 aromatic rings. The fourth-order valence-corrected chi connectivity index (χ4v) is 6.83. The van der Waals surface area contributed by atoms with E-state index in [4.69, 9.17) is 4.74 Å². The smallest absolute Gasteiger partial charge is 0.200 e. The van der Waals surface area contributed by atoms with Gasteiger partial charge >= 0.3 is 0 Å². The monoisotopic (exact) mass is 470 g/mol. The van der Waals surface area contributed by atoms with E-state index in [2.05, 4.69) is 31.2 Å². The maximum absolute atomic E-state index is 14.6. The van der Waals surface area contributed by atoms with Gasteiger partial charge in [0.2, 0.25) is 5.82 Å². The van der Waals surface area contributed by atoms with E-state index in [0.29, 0.717) is 18.1 Å². The molecular weight excluding hydrogens is 426 g/mol. The summed E-state index contributed by atoms with van der Waals surface area (Å²) in [5.74, 6) is 2.42. The first kappa shape index (κ1) is 25.5. The number of hydrogen-bond acceptors (Lipinski definition) is 1. The van der Waals surface area contributed by atoms with E-state index in [1.807, 2.05) is 0 Å². The Bertz CT molecular complexity index is 828. The van der Waals surface area contributed by atoms with Gasteiger partial charge in [-0.2, -0.15) is 4.39 Å². The SMILES string of the molecule is CCCC1CCC(C2CCC(C=CC3C=CC(c4ccc(OCC)c(F)c4F)CC3)CC2)CC1. The van der Waals surface area contributed by atoms with Crippen LogP contribution in [0, 0.1) is 41.2 Å². The summed E-state index contributed by atoms with van der Waals surface area (Å²) in [5.41, 5.74) is 0.446. The van der Waals surface area contributed by atoms with Crippen LogP contribution in [0.3, 0.4) is 0 Å². The lowest BCUT2D eigenvalue weighted by Crippen LogP contribution is -2.25. The Hall–Kier alpha value is -1.64. The molecule has 0 bridgehead atoms. The van der Waals surface area contributed by atoms with Gasteiger partial charge in [-0.3, -0.25) is 0 Å². The minimum atomic E-state index is -0.862. The predicted octanol–water partition coefficient (Wildman–Crippen LogP) is 9.38. The van der Waals surface area contributed by atoms with Crippen molar-refractivity contribution in [3.8, 4) is 5.75 Å². The second-order valence-electron chi connectivity index (χ2n) is 11.1. The summed E-state index contributed by atoms with van der Waals surface area (Å²) >= 11 is 0. The summed E-state index contributed by atoms with van der Waals surface area (Å²) in [6.45, 7) is 4.42. The van der Waals surface area contributed by atoms with E-state index in [0.717, 1.165) is 36.5 Å². The Morgan fingerprint density at radius 1 is 0.794 bits per heavy atom. The third kappa shape index (κ3) is 6.32. The van der Waals surface area contributed by atoms with Crippen LogP contribution in [0.1, 0.15) is 102 Å². The largest absolute Gasteiger partial charge is 0.491 e. The standard InChI is InChI=1S/C31H44F2O/c1-3-5-22-8-14-25(15-9-22)26-16-10-23(11-17-26)6-7-24-12-18-27(19-13-24)28-20-21-29(34-4-2)31(33)30(28)32/h6-7,12,18,20-27H,3-5,8-11,13-17,19H2,1-2H3. The lowest BCUT2D eigenvalue weighted by Gasteiger charge is -2.37. The molecule has 2 unspecified atom stereocenters. The summed E-state index contributed by atoms with van der Waals surface area (Å²) in [5, 5.41) is 0. The van der Waals surface area contributed by atoms with Crippen molar-refractivity contribution in [3.63, 3.8) is 0 Å². The molecule has 0 aromatic heterocycles. The Morgan fingerprint density at radius 2 is 1.50 bits per heavy atom. The predicted molar refractivity (Wildman–Crippen MR) is 137 cm³/mol. The molecule has 2 fully saturated rings. The molecule has 0 N–H and O–H groups in total. The minimum absolute atomic E-state index is 0.00300. The molecule has 3 aliphatic carbocycles. The van der Waals surface area contributed by atoms with Crippen molar-refractivity contribution in [3.05, 3.63) is 53.6 Å². The molecule has 0 spiro atoms. The normalized spacial score (nSPS) is 32.2. The quantitative estimate of drug-likeness (QED) is 0.344. The molecule has 0 heterocycles. The second kappa shape index (κ2) is 12.4. The summed E-state index contributed by atoms with van der Waals surface area (Å²) in [6.07, 6.45) is 25.1. The van der Waals surface area contributed by atoms with Gasteiger partial charge in [0.05, 0.1) is 6.61 Å². The highest BCUT2D eigenvalue weighted by Gasteiger charge is 2.30. The highest BCUT2D eigenvalue weighted by Crippen LogP contribution is 2.43. The van der Waals surface area contributed by atoms with E-state index in [1.165, 1.54) is 64.2 Å². The van der Waals surface area contributed by atoms with E-state index in [9.17, 15) is 8.78 Å². The number of benzene rings is 1. The van der Waals surface area contributed by atoms with Gasteiger partial charge in [0.1, 0.15) is 0 Å². The minimum Gasteiger partial charge on any atom is -0.491 e. The summed E-state index contributed by atoms with van der Waals surface area (Å²) in [4.78, 5) is 0. The number of rotatable bonds is 8. The molecule has 3 aliphatic rings. The average Bonchev–Trinajstić information content (AvgIpc) is 2.87. The molecule has 0 radical (unpaired) electrons. The van der Waals surface area contributed by atoms with E-state index in [-0.39, 0.29) is 11.7 Å². The van der Waals surface area contributed by atoms with Gasteiger partial charge in [0.25, 0.3) is 0 Å². The second-order valence-corrected chi connectivity index (χ2v) is 11.1. The van der Waals surface area contributed by atoms with Crippen molar-refractivity contribution < 1.29 is 13.5 Å². The van der Waals surface area contributed by atoms with Gasteiger partial charge in [-0.15, -0.1) is 0 Å². The number of hydrogen-bond donors (Lipinski definition) is 0. The number of ether oxygens (including phenoxy) is 1. The summed E-state index contributed by atoms with van der Waals surface area (Å²) in [7, 11) is 0. The lowest BCUT2D eigenvalue weighted by atomic mass is 9.68. The number of allylic oxidation sites excluding steroid dienone is 4. The molecule has 1 nitrogen and oxygen atoms in total. The third-order valence-corrected chi connectivity index (χ3v) is 8.88. The van der Waals surface area contributed by atoms with Crippen molar-refractivity contribution in [2.75, 3.05) is 6.61 Å². The molecular formula is C31H44F2O. The van der Waals surface area contributed by atoms with Crippen molar-refractivity contribution in [2.45, 2.75) is 96.8 Å². The first-order valence-electron chi connectivity index (χ1n) is 14.1. The van der Waals surface area contributed by atoms with Crippen LogP contribution < -0.4 is 4.74 Å². The molecule has 188 valence electrons. The molecule has 3 heteroatoms. The fraction of sp³-hybridized carbons (Fsp3) is 0.677. The van der Waals surface area contributed by atoms with Crippen LogP contribution in [-0.2, 0) is 0 Å². The van der Waals surface area contributed by atoms with Gasteiger partial charge in [-0.25, -0.2) is 4.39 Å². The van der Waals surface area contributed by atoms with Gasteiger partial charge in [-0.05, 0) is 99.5 Å². The van der Waals surface area contributed by atoms with E-state index in [1.54, 1.807) is 19.1 Å². The Morgan fingerprint density at radius 3 is 2.12 bits per heavy atom. The number of halogens is 2. The average molecular weight is 471 g/mol. The molecule has 0 aliphatic heterocycles. The molecule has 4 rings (SSSR count). The van der Waals surface area contributed by atoms with E-state index < -0.39 is 11.6 Å². The van der Waals surface area contributed by atoms with Gasteiger partial charge < -0.3 is 4.74 Å². The van der Waals surface area contributed by atoms with Gasteiger partial charge in [0, 0.05) is 5.92 Å². The first-order valence-corrected chi connectivity index (χ1v) is 14.1. The molecule has 2 atom stereocenters. The molecule has 1 aromatic carbocycles. The zero-order chi connectivity index (χ0) is 23.9. The first-order chi connectivity index (χ1) is 16.6. The highest BCUT2D eigenvalue weighted by atomic mass is 19.2. The molecule has 0 amide bonds. The van der Waals surface area contributed by atoms with Crippen LogP contribution in [0.25, 0.3) is 0 Å². The highest BCUT2D eigenvalue weighted by molar-refractivity contribution is 5.35. The Labute approximate surface area is 206 Å². The summed E-state index contributed by atoms with van der Waals surface area (Å²) in [6, 6.07) is 3.24. The topological polar surface area (TPSA) is 9.23 Å². The van der Waals surface area contributed by atoms with Crippen molar-refractivity contribution in [1.29, 1.82) is 0 Å². The van der Waals surface area contributed by atoms with Crippen LogP contribution in [0.5, 0.6) is 5.75 Å². The van der Waals surface area contributed by atoms with Crippen LogP contribution in [-0.4, -0.2) is 6.61 Å². The fourth-order valence-electron chi connectivity index (χ4n) is 6.83. The Balaban J connectivity index is 1.23. The van der Waals surface area contributed by atoms with Gasteiger partial charge in [-0.1, -0.05) is 63.0 Å². The molecule has 0 saturated heterocycles. The maximum Gasteiger partial charge on any atom is 0.200 e. The maximum atomic E-state index is 14.6. The molecule has 2 saturated carbocycles. The molecule has 34 heavy (non-hydrogen) atoms. The van der Waals surface area contributed by atoms with Crippen LogP contribution in [0.15, 0.2) is 36.4 Å². The summed E-state index contributed by atoms with van der Waals surface area (Å²) < 4.78 is 34.0. The van der Waals surface area contributed by atoms with Gasteiger partial charge in [0.15, 0.2) is 11.6 Å². The Kier molecular flexibility index (Phi) is 9.25. The van der Waals surface area contributed by atoms with Crippen LogP contribution in [0.4, 0.5) is 8.78 Å². The van der Waals surface area contributed by atoms with Crippen molar-refractivity contribution >= 4 is 0 Å². The zero-order valence-corrected chi connectivity index (χ0v) is 21.3.